The van der Waals surface area contributed by atoms with Crippen LogP contribution in [0.15, 0.2) is 59.6 Å². The predicted molar refractivity (Wildman–Crippen MR) is 126 cm³/mol. The van der Waals surface area contributed by atoms with E-state index in [2.05, 4.69) is 39.9 Å². The molecule has 0 spiro atoms. The second-order valence-electron chi connectivity index (χ2n) is 6.64. The maximum absolute atomic E-state index is 10.7. The van der Waals surface area contributed by atoms with E-state index in [0.717, 1.165) is 29.8 Å². The van der Waals surface area contributed by atoms with Gasteiger partial charge in [0.2, 0.25) is 0 Å². The Kier molecular flexibility index (Phi) is 11.1. The van der Waals surface area contributed by atoms with Crippen molar-refractivity contribution in [2.45, 2.75) is 39.5 Å². The van der Waals surface area contributed by atoms with Crippen LogP contribution in [0.4, 0.5) is 0 Å². The summed E-state index contributed by atoms with van der Waals surface area (Å²) in [6, 6.07) is 17.9. The minimum Gasteiger partial charge on any atom is -0.384 e. The van der Waals surface area contributed by atoms with E-state index in [1.165, 1.54) is 0 Å². The van der Waals surface area contributed by atoms with Gasteiger partial charge in [0.05, 0.1) is 19.7 Å². The number of halogens is 1. The van der Waals surface area contributed by atoms with Gasteiger partial charge in [-0.3, -0.25) is 0 Å². The number of hydrogen-bond donors (Lipinski definition) is 3. The molecule has 0 aliphatic carbocycles. The summed E-state index contributed by atoms with van der Waals surface area (Å²) in [6.45, 7) is 8.87. The van der Waals surface area contributed by atoms with Gasteiger partial charge in [-0.25, -0.2) is 4.99 Å². The van der Waals surface area contributed by atoms with E-state index >= 15 is 0 Å². The molecule has 0 aromatic heterocycles. The van der Waals surface area contributed by atoms with Crippen molar-refractivity contribution in [3.8, 4) is 0 Å². The number of hydrogen-bond acceptors (Lipinski definition) is 3. The van der Waals surface area contributed by atoms with E-state index in [9.17, 15) is 5.11 Å². The highest BCUT2D eigenvalue weighted by atomic mass is 127. The molecule has 1 atom stereocenters. The van der Waals surface area contributed by atoms with Crippen molar-refractivity contribution in [3.63, 3.8) is 0 Å². The molecule has 0 amide bonds. The largest absolute Gasteiger partial charge is 0.384 e. The Bertz CT molecular complexity index is 703. The number of aliphatic imine (C=N–C) groups is 1. The third-order valence-corrected chi connectivity index (χ3v) is 4.26. The minimum atomic E-state index is -0.974. The summed E-state index contributed by atoms with van der Waals surface area (Å²) in [4.78, 5) is 4.62. The Labute approximate surface area is 185 Å². The zero-order chi connectivity index (χ0) is 19.5. The molecule has 154 valence electrons. The van der Waals surface area contributed by atoms with Crippen molar-refractivity contribution in [1.29, 1.82) is 0 Å². The van der Waals surface area contributed by atoms with Gasteiger partial charge in [-0.15, -0.1) is 24.0 Å². The number of nitrogens with zero attached hydrogens (tertiary/aromatic N) is 1. The smallest absolute Gasteiger partial charge is 0.191 e. The first kappa shape index (κ1) is 24.4. The lowest BCUT2D eigenvalue weighted by Gasteiger charge is -2.25. The summed E-state index contributed by atoms with van der Waals surface area (Å²) >= 11 is 0. The molecule has 2 aromatic carbocycles. The van der Waals surface area contributed by atoms with Crippen LogP contribution in [0, 0.1) is 0 Å². The fourth-order valence-corrected chi connectivity index (χ4v) is 2.63. The van der Waals surface area contributed by atoms with Crippen LogP contribution in [0.3, 0.4) is 0 Å². The monoisotopic (exact) mass is 497 g/mol. The molecule has 2 aromatic rings. The number of benzene rings is 2. The average molecular weight is 497 g/mol. The molecule has 0 saturated heterocycles. The zero-order valence-corrected chi connectivity index (χ0v) is 19.3. The molecular weight excluding hydrogens is 465 g/mol. The summed E-state index contributed by atoms with van der Waals surface area (Å²) in [5.41, 5.74) is 2.19. The van der Waals surface area contributed by atoms with Crippen LogP contribution in [-0.4, -0.2) is 30.8 Å². The lowest BCUT2D eigenvalue weighted by molar-refractivity contribution is 0.0617. The number of rotatable bonds is 9. The maximum atomic E-state index is 10.7. The van der Waals surface area contributed by atoms with Crippen LogP contribution < -0.4 is 10.6 Å². The highest BCUT2D eigenvalue weighted by Gasteiger charge is 2.22. The van der Waals surface area contributed by atoms with E-state index in [-0.39, 0.29) is 24.0 Å². The standard InChI is InChI=1S/C22H31N3O2.HI/c1-4-23-21(25-17-22(3,26)20-9-7-6-8-10-20)24-15-18-11-13-19(14-12-18)16-27-5-2;/h6-14,26H,4-5,15-17H2,1-3H3,(H2,23,24,25);1H. The SMILES string of the molecule is CCNC(=NCc1ccc(COCC)cc1)NCC(C)(O)c1ccccc1.I. The molecule has 28 heavy (non-hydrogen) atoms. The van der Waals surface area contributed by atoms with Gasteiger partial charge in [0.1, 0.15) is 5.60 Å². The van der Waals surface area contributed by atoms with E-state index < -0.39 is 5.60 Å². The van der Waals surface area contributed by atoms with Crippen LogP contribution in [0.5, 0.6) is 0 Å². The predicted octanol–water partition coefficient (Wildman–Crippen LogP) is 3.80. The summed E-state index contributed by atoms with van der Waals surface area (Å²) in [6.07, 6.45) is 0. The lowest BCUT2D eigenvalue weighted by Crippen LogP contribution is -2.44. The fraction of sp³-hybridized carbons (Fsp3) is 0.409. The van der Waals surface area contributed by atoms with Gasteiger partial charge >= 0.3 is 0 Å². The molecule has 0 aliphatic rings. The Balaban J connectivity index is 0.00000392. The van der Waals surface area contributed by atoms with Crippen molar-refractivity contribution >= 4 is 29.9 Å². The van der Waals surface area contributed by atoms with Crippen LogP contribution in [0.1, 0.15) is 37.5 Å². The topological polar surface area (TPSA) is 65.9 Å². The Morgan fingerprint density at radius 1 is 1.00 bits per heavy atom. The number of aliphatic hydroxyl groups is 1. The van der Waals surface area contributed by atoms with E-state index in [0.29, 0.717) is 25.7 Å². The summed E-state index contributed by atoms with van der Waals surface area (Å²) < 4.78 is 5.42. The van der Waals surface area contributed by atoms with E-state index in [1.54, 1.807) is 6.92 Å². The summed E-state index contributed by atoms with van der Waals surface area (Å²) in [5.74, 6) is 0.687. The van der Waals surface area contributed by atoms with Crippen molar-refractivity contribution in [1.82, 2.24) is 10.6 Å². The Morgan fingerprint density at radius 2 is 1.64 bits per heavy atom. The highest BCUT2D eigenvalue weighted by Crippen LogP contribution is 2.18. The van der Waals surface area contributed by atoms with Gasteiger partial charge in [-0.1, -0.05) is 54.6 Å². The molecule has 0 bridgehead atoms. The van der Waals surface area contributed by atoms with Gasteiger partial charge in [-0.05, 0) is 37.5 Å². The maximum Gasteiger partial charge on any atom is 0.191 e. The number of guanidine groups is 1. The average Bonchev–Trinajstić information content (AvgIpc) is 2.70. The molecule has 0 aliphatic heterocycles. The Hall–Kier alpha value is -1.64. The van der Waals surface area contributed by atoms with Crippen molar-refractivity contribution in [2.75, 3.05) is 19.7 Å². The molecule has 2 rings (SSSR count). The first-order chi connectivity index (χ1) is 13.0. The van der Waals surface area contributed by atoms with Crippen LogP contribution in [0.25, 0.3) is 0 Å². The van der Waals surface area contributed by atoms with Gasteiger partial charge < -0.3 is 20.5 Å². The summed E-state index contributed by atoms with van der Waals surface area (Å²) in [7, 11) is 0. The normalized spacial score (nSPS) is 13.4. The number of nitrogens with one attached hydrogen (secondary N) is 2. The second-order valence-corrected chi connectivity index (χ2v) is 6.64. The molecule has 0 saturated carbocycles. The quantitative estimate of drug-likeness (QED) is 0.280. The fourth-order valence-electron chi connectivity index (χ4n) is 2.63. The van der Waals surface area contributed by atoms with Crippen LogP contribution in [-0.2, 0) is 23.5 Å². The molecule has 3 N–H and O–H groups in total. The van der Waals surface area contributed by atoms with Gasteiger partial charge in [0.25, 0.3) is 0 Å². The molecule has 6 heteroatoms. The van der Waals surface area contributed by atoms with Gasteiger partial charge in [0.15, 0.2) is 5.96 Å². The van der Waals surface area contributed by atoms with Gasteiger partial charge in [-0.2, -0.15) is 0 Å². The van der Waals surface area contributed by atoms with E-state index in [1.807, 2.05) is 44.2 Å². The second kappa shape index (κ2) is 12.7. The third kappa shape index (κ3) is 8.16. The zero-order valence-electron chi connectivity index (χ0n) is 16.9. The first-order valence-electron chi connectivity index (χ1n) is 9.50. The summed E-state index contributed by atoms with van der Waals surface area (Å²) in [5, 5.41) is 17.2. The first-order valence-corrected chi connectivity index (χ1v) is 9.50. The van der Waals surface area contributed by atoms with E-state index in [4.69, 9.17) is 4.74 Å². The Morgan fingerprint density at radius 3 is 2.25 bits per heavy atom. The molecule has 5 nitrogen and oxygen atoms in total. The van der Waals surface area contributed by atoms with Crippen molar-refractivity contribution in [2.24, 2.45) is 4.99 Å². The highest BCUT2D eigenvalue weighted by molar-refractivity contribution is 14.0. The van der Waals surface area contributed by atoms with Gasteiger partial charge in [0, 0.05) is 13.2 Å². The lowest BCUT2D eigenvalue weighted by atomic mass is 9.96. The van der Waals surface area contributed by atoms with Crippen molar-refractivity contribution < 1.29 is 9.84 Å². The van der Waals surface area contributed by atoms with Crippen molar-refractivity contribution in [3.05, 3.63) is 71.3 Å². The molecule has 1 unspecified atom stereocenters. The number of ether oxygens (including phenoxy) is 1. The third-order valence-electron chi connectivity index (χ3n) is 4.26. The molecule has 0 radical (unpaired) electrons. The molecule has 0 fully saturated rings. The molecular formula is C22H32IN3O2. The minimum absolute atomic E-state index is 0. The van der Waals surface area contributed by atoms with Crippen LogP contribution >= 0.6 is 24.0 Å². The molecule has 0 heterocycles. The van der Waals surface area contributed by atoms with Crippen LogP contribution in [0.2, 0.25) is 0 Å².